The van der Waals surface area contributed by atoms with Crippen molar-refractivity contribution in [1.29, 1.82) is 0 Å². The van der Waals surface area contributed by atoms with Gasteiger partial charge in [-0.3, -0.25) is 4.90 Å². The second-order valence-corrected chi connectivity index (χ2v) is 7.61. The first-order valence-corrected chi connectivity index (χ1v) is 10.6. The van der Waals surface area contributed by atoms with E-state index in [0.717, 1.165) is 25.2 Å². The lowest BCUT2D eigenvalue weighted by atomic mass is 10.1. The van der Waals surface area contributed by atoms with Crippen LogP contribution in [0.1, 0.15) is 41.0 Å². The highest BCUT2D eigenvalue weighted by molar-refractivity contribution is 6.00. The predicted octanol–water partition coefficient (Wildman–Crippen LogP) is 3.81. The number of rotatable bonds is 8. The van der Waals surface area contributed by atoms with E-state index in [4.69, 9.17) is 9.47 Å². The van der Waals surface area contributed by atoms with Crippen LogP contribution in [0.4, 0.5) is 0 Å². The third-order valence-corrected chi connectivity index (χ3v) is 5.49. The van der Waals surface area contributed by atoms with Gasteiger partial charge < -0.3 is 24.4 Å². The van der Waals surface area contributed by atoms with E-state index in [1.54, 1.807) is 25.3 Å². The van der Waals surface area contributed by atoms with Crippen LogP contribution in [0.2, 0.25) is 0 Å². The van der Waals surface area contributed by atoms with E-state index < -0.39 is 5.97 Å². The Hall–Kier alpha value is -2.74. The quantitative estimate of drug-likeness (QED) is 0.513. The van der Waals surface area contributed by atoms with Crippen molar-refractivity contribution in [2.75, 3.05) is 33.4 Å². The lowest BCUT2D eigenvalue weighted by Gasteiger charge is -2.26. The van der Waals surface area contributed by atoms with E-state index in [2.05, 4.69) is 14.9 Å². The van der Waals surface area contributed by atoms with Crippen LogP contribution in [0.15, 0.2) is 36.4 Å². The Morgan fingerprint density at radius 3 is 2.64 bits per heavy atom. The van der Waals surface area contributed by atoms with Crippen LogP contribution in [0.5, 0.6) is 11.5 Å². The van der Waals surface area contributed by atoms with Crippen LogP contribution in [0.25, 0.3) is 23.2 Å². The summed E-state index contributed by atoms with van der Waals surface area (Å²) in [5.74, 6) is 0.713. The summed E-state index contributed by atoms with van der Waals surface area (Å²) in [5.41, 5.74) is 2.04. The molecule has 2 heterocycles. The second kappa shape index (κ2) is 12.5. The molecule has 33 heavy (non-hydrogen) atoms. The zero-order chi connectivity index (χ0) is 21.6. The lowest BCUT2D eigenvalue weighted by Crippen LogP contribution is -2.33. The molecule has 0 amide bonds. The normalized spacial score (nSPS) is 14.0. The van der Waals surface area contributed by atoms with Crippen LogP contribution in [-0.2, 0) is 0 Å². The topological polar surface area (TPSA) is 90.5 Å². The fraction of sp³-hybridized carbons (Fsp3) is 0.333. The fourth-order valence-corrected chi connectivity index (χ4v) is 3.85. The molecule has 1 saturated heterocycles. The molecule has 0 spiro atoms. The maximum atomic E-state index is 11.3. The van der Waals surface area contributed by atoms with Crippen LogP contribution in [0, 0.1) is 0 Å². The molecule has 1 aromatic heterocycles. The number of para-hydroxylation sites is 1. The van der Waals surface area contributed by atoms with Gasteiger partial charge in [0.25, 0.3) is 0 Å². The monoisotopic (exact) mass is 492 g/mol. The number of methoxy groups -OCH3 is 1. The number of hydrogen-bond donors (Lipinski definition) is 1. The standard InChI is InChI=1S/C24H27N3O4.2ClH/c1-30-20-10-8-17(16-21(20)31-15-14-27-12-3-2-4-13-27)9-11-22-25-19-7-5-6-18(24(28)29)23(19)26-22;;/h5-11,16H,2-4,12-15H2,1H3,(H,25,26)(H,28,29);2*1H/p-1/b11-9+;;. The van der Waals surface area contributed by atoms with Gasteiger partial charge in [0.2, 0.25) is 0 Å². The fourth-order valence-electron chi connectivity index (χ4n) is 3.85. The molecule has 0 unspecified atom stereocenters. The minimum Gasteiger partial charge on any atom is -0.545 e. The number of benzene rings is 2. The summed E-state index contributed by atoms with van der Waals surface area (Å²) in [6.07, 6.45) is 7.54. The van der Waals surface area contributed by atoms with Crippen LogP contribution in [0.3, 0.4) is 0 Å². The number of H-pyrrole nitrogens is 1. The first-order chi connectivity index (χ1) is 15.1. The molecule has 3 aromatic rings. The summed E-state index contributed by atoms with van der Waals surface area (Å²) in [5, 5.41) is 11.3. The van der Waals surface area contributed by atoms with Gasteiger partial charge in [0.15, 0.2) is 11.5 Å². The SMILES string of the molecule is COc1ccc(/C=C/c2nc3c(C(=O)[O-])cccc3[nH]2)cc1OCCN1CCCCC1.Cl.Cl. The van der Waals surface area contributed by atoms with Crippen LogP contribution >= 0.6 is 24.8 Å². The summed E-state index contributed by atoms with van der Waals surface area (Å²) < 4.78 is 11.5. The van der Waals surface area contributed by atoms with E-state index in [0.29, 0.717) is 35.0 Å². The summed E-state index contributed by atoms with van der Waals surface area (Å²) >= 11 is 0. The molecule has 2 aromatic carbocycles. The predicted molar refractivity (Wildman–Crippen MR) is 133 cm³/mol. The third-order valence-electron chi connectivity index (χ3n) is 5.49. The summed E-state index contributed by atoms with van der Waals surface area (Å²) in [6, 6.07) is 10.7. The van der Waals surface area contributed by atoms with E-state index in [-0.39, 0.29) is 30.4 Å². The number of carboxylic acids is 1. The van der Waals surface area contributed by atoms with Crippen molar-refractivity contribution in [1.82, 2.24) is 14.9 Å². The third kappa shape index (κ3) is 6.63. The first-order valence-electron chi connectivity index (χ1n) is 10.6. The first kappa shape index (κ1) is 26.5. The molecule has 1 N–H and O–H groups in total. The summed E-state index contributed by atoms with van der Waals surface area (Å²) in [4.78, 5) is 21.2. The number of fused-ring (bicyclic) bond motifs is 1. The van der Waals surface area contributed by atoms with Crippen molar-refractivity contribution >= 4 is 54.0 Å². The highest BCUT2D eigenvalue weighted by Gasteiger charge is 2.11. The molecule has 0 atom stereocenters. The van der Waals surface area contributed by atoms with Gasteiger partial charge in [0.05, 0.1) is 24.1 Å². The number of ether oxygens (including phenoxy) is 2. The van der Waals surface area contributed by atoms with Crippen molar-refractivity contribution in [3.63, 3.8) is 0 Å². The van der Waals surface area contributed by atoms with Crippen molar-refractivity contribution < 1.29 is 19.4 Å². The Kier molecular flexibility index (Phi) is 10.0. The number of carbonyl (C=O) groups is 1. The van der Waals surface area contributed by atoms with Gasteiger partial charge >= 0.3 is 0 Å². The molecule has 4 rings (SSSR count). The smallest absolute Gasteiger partial charge is 0.161 e. The van der Waals surface area contributed by atoms with Crippen LogP contribution < -0.4 is 14.6 Å². The van der Waals surface area contributed by atoms with Gasteiger partial charge in [0.1, 0.15) is 12.4 Å². The van der Waals surface area contributed by atoms with E-state index in [1.807, 2.05) is 24.3 Å². The van der Waals surface area contributed by atoms with Gasteiger partial charge in [-0.25, -0.2) is 4.98 Å². The summed E-state index contributed by atoms with van der Waals surface area (Å²) in [6.45, 7) is 3.79. The average Bonchev–Trinajstić information content (AvgIpc) is 3.21. The number of carbonyl (C=O) groups excluding carboxylic acids is 1. The Balaban J connectivity index is 0.00000193. The molecule has 1 aliphatic rings. The maximum Gasteiger partial charge on any atom is 0.161 e. The van der Waals surface area contributed by atoms with Gasteiger partial charge in [-0.15, -0.1) is 24.8 Å². The largest absolute Gasteiger partial charge is 0.545 e. The van der Waals surface area contributed by atoms with Crippen molar-refractivity contribution in [2.45, 2.75) is 19.3 Å². The molecule has 178 valence electrons. The number of carboxylic acid groups (broad SMARTS) is 1. The van der Waals surface area contributed by atoms with E-state index >= 15 is 0 Å². The molecule has 9 heteroatoms. The van der Waals surface area contributed by atoms with Gasteiger partial charge in [-0.1, -0.05) is 30.7 Å². The molecule has 1 fully saturated rings. The van der Waals surface area contributed by atoms with Gasteiger partial charge in [0, 0.05) is 12.1 Å². The number of aromatic nitrogens is 2. The molecule has 0 aliphatic carbocycles. The molecular weight excluding hydrogens is 465 g/mol. The molecule has 0 saturated carbocycles. The van der Waals surface area contributed by atoms with Crippen molar-refractivity contribution in [3.8, 4) is 11.5 Å². The number of piperidine rings is 1. The maximum absolute atomic E-state index is 11.3. The minimum atomic E-state index is -1.24. The molecule has 7 nitrogen and oxygen atoms in total. The van der Waals surface area contributed by atoms with Crippen molar-refractivity contribution in [3.05, 3.63) is 53.3 Å². The number of nitrogens with one attached hydrogen (secondary N) is 1. The number of hydrogen-bond acceptors (Lipinski definition) is 6. The number of imidazole rings is 1. The minimum absolute atomic E-state index is 0. The highest BCUT2D eigenvalue weighted by atomic mass is 35.5. The Labute approximate surface area is 205 Å². The molecular formula is C24H28Cl2N3O4-. The Morgan fingerprint density at radius 1 is 1.12 bits per heavy atom. The second-order valence-electron chi connectivity index (χ2n) is 7.61. The van der Waals surface area contributed by atoms with Gasteiger partial charge in [-0.05, 0) is 55.8 Å². The molecule has 0 bridgehead atoms. The number of nitrogens with zero attached hydrogens (tertiary/aromatic N) is 2. The van der Waals surface area contributed by atoms with Gasteiger partial charge in [-0.2, -0.15) is 0 Å². The van der Waals surface area contributed by atoms with Crippen molar-refractivity contribution in [2.24, 2.45) is 0 Å². The Morgan fingerprint density at radius 2 is 1.91 bits per heavy atom. The number of likely N-dealkylation sites (tertiary alicyclic amines) is 1. The van der Waals surface area contributed by atoms with E-state index in [1.165, 1.54) is 25.3 Å². The van der Waals surface area contributed by atoms with E-state index in [9.17, 15) is 9.90 Å². The zero-order valence-electron chi connectivity index (χ0n) is 18.4. The summed E-state index contributed by atoms with van der Waals surface area (Å²) in [7, 11) is 1.63. The number of aromatic carboxylic acids is 1. The highest BCUT2D eigenvalue weighted by Crippen LogP contribution is 2.29. The average molecular weight is 493 g/mol. The Bertz CT molecular complexity index is 1090. The molecule has 0 radical (unpaired) electrons. The number of halogens is 2. The molecule has 1 aliphatic heterocycles. The number of aromatic amines is 1. The zero-order valence-corrected chi connectivity index (χ0v) is 20.0. The lowest BCUT2D eigenvalue weighted by molar-refractivity contribution is -0.254. The van der Waals surface area contributed by atoms with Crippen LogP contribution in [-0.4, -0.2) is 54.2 Å².